The van der Waals surface area contributed by atoms with Crippen molar-refractivity contribution < 1.29 is 22.8 Å². The number of rotatable bonds is 10. The molecule has 4 rings (SSSR count). The lowest BCUT2D eigenvalue weighted by molar-refractivity contribution is -0.137. The van der Waals surface area contributed by atoms with E-state index in [2.05, 4.69) is 10.3 Å². The number of anilines is 1. The molecular weight excluding hydrogens is 505 g/mol. The molecule has 3 aromatic carbocycles. The van der Waals surface area contributed by atoms with Gasteiger partial charge in [0.1, 0.15) is 6.54 Å². The van der Waals surface area contributed by atoms with E-state index in [1.54, 1.807) is 29.2 Å². The maximum atomic E-state index is 13.6. The van der Waals surface area contributed by atoms with E-state index in [4.69, 9.17) is 0 Å². The van der Waals surface area contributed by atoms with Gasteiger partial charge in [-0.25, -0.2) is 4.79 Å². The van der Waals surface area contributed by atoms with E-state index in [9.17, 15) is 22.8 Å². The normalized spacial score (nSPS) is 11.4. The molecule has 39 heavy (non-hydrogen) atoms. The minimum Gasteiger partial charge on any atom is -0.361 e. The van der Waals surface area contributed by atoms with Gasteiger partial charge in [-0.2, -0.15) is 13.2 Å². The molecule has 6 nitrogen and oxygen atoms in total. The van der Waals surface area contributed by atoms with Crippen LogP contribution in [0.4, 0.5) is 23.7 Å². The molecule has 0 unspecified atom stereocenters. The number of alkyl halides is 3. The molecule has 0 atom stereocenters. The van der Waals surface area contributed by atoms with Crippen molar-refractivity contribution in [3.63, 3.8) is 0 Å². The number of fused-ring (bicyclic) bond motifs is 1. The molecule has 204 valence electrons. The van der Waals surface area contributed by atoms with Crippen LogP contribution in [0.1, 0.15) is 30.0 Å². The van der Waals surface area contributed by atoms with Crippen molar-refractivity contribution in [3.05, 3.63) is 102 Å². The second-order valence-corrected chi connectivity index (χ2v) is 9.34. The lowest BCUT2D eigenvalue weighted by Crippen LogP contribution is -2.45. The number of hydrogen-bond donors (Lipinski definition) is 2. The van der Waals surface area contributed by atoms with Gasteiger partial charge < -0.3 is 20.1 Å². The van der Waals surface area contributed by atoms with Gasteiger partial charge in [-0.1, -0.05) is 55.5 Å². The Morgan fingerprint density at radius 2 is 1.56 bits per heavy atom. The Morgan fingerprint density at radius 3 is 2.26 bits per heavy atom. The highest BCUT2D eigenvalue weighted by atomic mass is 19.4. The molecule has 2 N–H and O–H groups in total. The first-order valence-electron chi connectivity index (χ1n) is 12.8. The molecule has 0 aliphatic rings. The Kier molecular flexibility index (Phi) is 8.91. The van der Waals surface area contributed by atoms with E-state index in [1.807, 2.05) is 43.5 Å². The third-order valence-electron chi connectivity index (χ3n) is 6.47. The van der Waals surface area contributed by atoms with Crippen LogP contribution in [0.15, 0.2) is 85.1 Å². The lowest BCUT2D eigenvalue weighted by atomic mass is 10.1. The fourth-order valence-corrected chi connectivity index (χ4v) is 4.41. The standard InChI is InChI=1S/C30H31F3N4O2/c1-2-17-37(29(39)35-25-8-4-3-5-9-25)21-28(38)36(20-22-12-14-24(15-13-22)30(31,32)33)18-16-23-19-34-27-11-7-6-10-26(23)27/h3-15,19,34H,2,16-18,20-21H2,1H3,(H,35,39). The highest BCUT2D eigenvalue weighted by Crippen LogP contribution is 2.29. The summed E-state index contributed by atoms with van der Waals surface area (Å²) in [5.41, 5.74) is 2.47. The average molecular weight is 537 g/mol. The minimum absolute atomic E-state index is 0.125. The summed E-state index contributed by atoms with van der Waals surface area (Å²) >= 11 is 0. The van der Waals surface area contributed by atoms with Crippen molar-refractivity contribution >= 4 is 28.5 Å². The third kappa shape index (κ3) is 7.40. The van der Waals surface area contributed by atoms with Gasteiger partial charge in [-0.3, -0.25) is 4.79 Å². The van der Waals surface area contributed by atoms with Gasteiger partial charge >= 0.3 is 12.2 Å². The lowest BCUT2D eigenvalue weighted by Gasteiger charge is -2.28. The van der Waals surface area contributed by atoms with Crippen LogP contribution in [0, 0.1) is 0 Å². The highest BCUT2D eigenvalue weighted by Gasteiger charge is 2.30. The summed E-state index contributed by atoms with van der Waals surface area (Å²) in [6, 6.07) is 21.3. The first kappa shape index (κ1) is 27.8. The molecule has 0 saturated heterocycles. The quantitative estimate of drug-likeness (QED) is 0.237. The van der Waals surface area contributed by atoms with E-state index in [0.29, 0.717) is 37.2 Å². The summed E-state index contributed by atoms with van der Waals surface area (Å²) in [5.74, 6) is -0.286. The van der Waals surface area contributed by atoms with Crippen molar-refractivity contribution in [2.24, 2.45) is 0 Å². The number of hydrogen-bond acceptors (Lipinski definition) is 2. The number of carbonyl (C=O) groups excluding carboxylic acids is 2. The molecule has 9 heteroatoms. The second-order valence-electron chi connectivity index (χ2n) is 9.34. The van der Waals surface area contributed by atoms with Crippen LogP contribution in [0.5, 0.6) is 0 Å². The summed E-state index contributed by atoms with van der Waals surface area (Å²) in [6.07, 6.45) is -1.33. The molecule has 0 spiro atoms. The fraction of sp³-hybridized carbons (Fsp3) is 0.267. The predicted molar refractivity (Wildman–Crippen MR) is 146 cm³/mol. The Bertz CT molecular complexity index is 1380. The van der Waals surface area contributed by atoms with Crippen LogP contribution in [-0.2, 0) is 23.9 Å². The summed E-state index contributed by atoms with van der Waals surface area (Å²) in [4.78, 5) is 32.8. The number of nitrogens with zero attached hydrogens (tertiary/aromatic N) is 2. The average Bonchev–Trinajstić information content (AvgIpc) is 3.34. The van der Waals surface area contributed by atoms with E-state index < -0.39 is 11.7 Å². The summed E-state index contributed by atoms with van der Waals surface area (Å²) in [6.45, 7) is 2.60. The number of H-pyrrole nitrogens is 1. The first-order chi connectivity index (χ1) is 18.7. The Balaban J connectivity index is 1.52. The Morgan fingerprint density at radius 1 is 0.872 bits per heavy atom. The number of nitrogens with one attached hydrogen (secondary N) is 2. The molecule has 0 aliphatic carbocycles. The second kappa shape index (κ2) is 12.5. The molecule has 4 aromatic rings. The molecule has 0 saturated carbocycles. The van der Waals surface area contributed by atoms with Gasteiger partial charge in [0.15, 0.2) is 0 Å². The van der Waals surface area contributed by atoms with Gasteiger partial charge in [0.05, 0.1) is 5.56 Å². The monoisotopic (exact) mass is 536 g/mol. The number of aromatic nitrogens is 1. The zero-order valence-corrected chi connectivity index (χ0v) is 21.7. The number of para-hydroxylation sites is 2. The fourth-order valence-electron chi connectivity index (χ4n) is 4.41. The van der Waals surface area contributed by atoms with Crippen LogP contribution in [0.3, 0.4) is 0 Å². The highest BCUT2D eigenvalue weighted by molar-refractivity contribution is 5.92. The van der Waals surface area contributed by atoms with Crippen molar-refractivity contribution in [1.29, 1.82) is 0 Å². The largest absolute Gasteiger partial charge is 0.416 e. The van der Waals surface area contributed by atoms with Crippen LogP contribution in [-0.4, -0.2) is 46.4 Å². The summed E-state index contributed by atoms with van der Waals surface area (Å²) in [5, 5.41) is 3.87. The number of urea groups is 1. The van der Waals surface area contributed by atoms with E-state index in [-0.39, 0.29) is 25.0 Å². The molecule has 0 bridgehead atoms. The number of carbonyl (C=O) groups is 2. The van der Waals surface area contributed by atoms with Crippen molar-refractivity contribution in [2.75, 3.05) is 25.0 Å². The Labute approximate surface area is 225 Å². The maximum absolute atomic E-state index is 13.6. The van der Waals surface area contributed by atoms with Crippen LogP contribution >= 0.6 is 0 Å². The number of benzene rings is 3. The predicted octanol–water partition coefficient (Wildman–Crippen LogP) is 6.70. The summed E-state index contributed by atoms with van der Waals surface area (Å²) in [7, 11) is 0. The van der Waals surface area contributed by atoms with Gasteiger partial charge in [0.25, 0.3) is 0 Å². The van der Waals surface area contributed by atoms with Crippen LogP contribution in [0.2, 0.25) is 0 Å². The van der Waals surface area contributed by atoms with Gasteiger partial charge in [-0.05, 0) is 54.3 Å². The summed E-state index contributed by atoms with van der Waals surface area (Å²) < 4.78 is 39.2. The molecular formula is C30H31F3N4O2. The zero-order valence-electron chi connectivity index (χ0n) is 21.7. The van der Waals surface area contributed by atoms with Crippen LogP contribution in [0.25, 0.3) is 10.9 Å². The number of amides is 3. The number of halogens is 3. The van der Waals surface area contributed by atoms with Gasteiger partial charge in [0, 0.05) is 42.4 Å². The molecule has 0 radical (unpaired) electrons. The topological polar surface area (TPSA) is 68.4 Å². The zero-order chi connectivity index (χ0) is 27.8. The van der Waals surface area contributed by atoms with E-state index in [0.717, 1.165) is 28.6 Å². The molecule has 0 fully saturated rings. The van der Waals surface area contributed by atoms with E-state index in [1.165, 1.54) is 17.0 Å². The molecule has 3 amide bonds. The maximum Gasteiger partial charge on any atom is 0.416 e. The third-order valence-corrected chi connectivity index (χ3v) is 6.47. The number of aromatic amines is 1. The van der Waals surface area contributed by atoms with Crippen molar-refractivity contribution in [3.8, 4) is 0 Å². The van der Waals surface area contributed by atoms with Crippen molar-refractivity contribution in [2.45, 2.75) is 32.5 Å². The van der Waals surface area contributed by atoms with Crippen LogP contribution < -0.4 is 5.32 Å². The SMILES string of the molecule is CCCN(CC(=O)N(CCc1c[nH]c2ccccc12)Cc1ccc(C(F)(F)F)cc1)C(=O)Nc1ccccc1. The first-order valence-corrected chi connectivity index (χ1v) is 12.8. The molecule has 1 heterocycles. The van der Waals surface area contributed by atoms with E-state index >= 15 is 0 Å². The minimum atomic E-state index is -4.43. The Hall–Kier alpha value is -4.27. The van der Waals surface area contributed by atoms with Crippen molar-refractivity contribution in [1.82, 2.24) is 14.8 Å². The van der Waals surface area contributed by atoms with Gasteiger partial charge in [0.2, 0.25) is 5.91 Å². The smallest absolute Gasteiger partial charge is 0.361 e. The molecule has 1 aromatic heterocycles. The van der Waals surface area contributed by atoms with Gasteiger partial charge in [-0.15, -0.1) is 0 Å². The molecule has 0 aliphatic heterocycles.